The lowest BCUT2D eigenvalue weighted by molar-refractivity contribution is -0.140. The van der Waals surface area contributed by atoms with Crippen LogP contribution in [0.3, 0.4) is 0 Å². The first kappa shape index (κ1) is 23.1. The maximum atomic E-state index is 13.3. The zero-order valence-electron chi connectivity index (χ0n) is 19.3. The fourth-order valence-corrected chi connectivity index (χ4v) is 4.34. The van der Waals surface area contributed by atoms with Crippen LogP contribution in [0.5, 0.6) is 11.5 Å². The smallest absolute Gasteiger partial charge is 0.337 e. The Balaban J connectivity index is 1.62. The molecule has 3 heterocycles. The summed E-state index contributed by atoms with van der Waals surface area (Å²) in [5, 5.41) is 11.3. The fraction of sp³-hybridized carbons (Fsp3) is 0.185. The Morgan fingerprint density at radius 2 is 1.67 bits per heavy atom. The zero-order chi connectivity index (χ0) is 25.2. The third kappa shape index (κ3) is 4.15. The summed E-state index contributed by atoms with van der Waals surface area (Å²) in [6.07, 6.45) is 3.20. The second-order valence-electron chi connectivity index (χ2n) is 8.25. The van der Waals surface area contributed by atoms with Gasteiger partial charge in [0, 0.05) is 24.5 Å². The minimum absolute atomic E-state index is 0.0587. The number of hydrogen-bond acceptors (Lipinski definition) is 8. The van der Waals surface area contributed by atoms with E-state index in [4.69, 9.17) is 14.2 Å². The molecule has 1 saturated heterocycles. The van der Waals surface area contributed by atoms with E-state index in [1.807, 2.05) is 0 Å². The van der Waals surface area contributed by atoms with Gasteiger partial charge in [-0.05, 0) is 53.6 Å². The van der Waals surface area contributed by atoms with E-state index in [1.54, 1.807) is 67.0 Å². The molecule has 36 heavy (non-hydrogen) atoms. The van der Waals surface area contributed by atoms with Crippen LogP contribution < -0.4 is 9.47 Å². The highest BCUT2D eigenvalue weighted by molar-refractivity contribution is 6.46. The highest BCUT2D eigenvalue weighted by Crippen LogP contribution is 2.41. The van der Waals surface area contributed by atoms with Gasteiger partial charge in [0.1, 0.15) is 19.0 Å². The number of nitrogens with zero attached hydrogens (tertiary/aromatic N) is 2. The number of hydrogen-bond donors (Lipinski definition) is 1. The summed E-state index contributed by atoms with van der Waals surface area (Å²) in [5.41, 5.74) is 1.89. The number of esters is 1. The Morgan fingerprint density at radius 1 is 1.00 bits per heavy atom. The fourth-order valence-electron chi connectivity index (χ4n) is 4.34. The van der Waals surface area contributed by atoms with E-state index in [9.17, 15) is 19.5 Å². The van der Waals surface area contributed by atoms with Crippen LogP contribution >= 0.6 is 0 Å². The van der Waals surface area contributed by atoms with Crippen molar-refractivity contribution in [3.8, 4) is 11.5 Å². The van der Waals surface area contributed by atoms with Crippen molar-refractivity contribution >= 4 is 23.4 Å². The second-order valence-corrected chi connectivity index (χ2v) is 8.25. The maximum Gasteiger partial charge on any atom is 0.337 e. The first-order valence-electron chi connectivity index (χ1n) is 11.2. The molecular weight excluding hydrogens is 464 g/mol. The highest BCUT2D eigenvalue weighted by Gasteiger charge is 2.46. The predicted octanol–water partition coefficient (Wildman–Crippen LogP) is 3.26. The minimum Gasteiger partial charge on any atom is -0.507 e. The van der Waals surface area contributed by atoms with Crippen LogP contribution in [-0.4, -0.2) is 53.0 Å². The Morgan fingerprint density at radius 3 is 2.36 bits per heavy atom. The van der Waals surface area contributed by atoms with Crippen molar-refractivity contribution < 1.29 is 33.7 Å². The number of aromatic nitrogens is 1. The molecule has 5 rings (SSSR count). The molecule has 1 N–H and O–H groups in total. The van der Waals surface area contributed by atoms with E-state index in [0.29, 0.717) is 41.4 Å². The van der Waals surface area contributed by atoms with Crippen LogP contribution in [0.15, 0.2) is 72.6 Å². The number of pyridine rings is 1. The van der Waals surface area contributed by atoms with Crippen molar-refractivity contribution in [3.63, 3.8) is 0 Å². The summed E-state index contributed by atoms with van der Waals surface area (Å²) < 4.78 is 15.9. The molecule has 2 aromatic carbocycles. The molecular formula is C27H22N2O7. The van der Waals surface area contributed by atoms with Crippen molar-refractivity contribution in [2.24, 2.45) is 0 Å². The van der Waals surface area contributed by atoms with Crippen LogP contribution in [0.25, 0.3) is 5.76 Å². The molecule has 0 radical (unpaired) electrons. The van der Waals surface area contributed by atoms with E-state index in [1.165, 1.54) is 12.0 Å². The van der Waals surface area contributed by atoms with E-state index in [2.05, 4.69) is 4.98 Å². The lowest BCUT2D eigenvalue weighted by Gasteiger charge is -2.25. The van der Waals surface area contributed by atoms with E-state index < -0.39 is 23.7 Å². The van der Waals surface area contributed by atoms with Gasteiger partial charge in [-0.25, -0.2) is 4.79 Å². The third-order valence-corrected chi connectivity index (χ3v) is 6.11. The van der Waals surface area contributed by atoms with Crippen LogP contribution in [0.4, 0.5) is 0 Å². The van der Waals surface area contributed by atoms with Crippen molar-refractivity contribution in [2.45, 2.75) is 12.6 Å². The Hall–Kier alpha value is -4.66. The Labute approximate surface area is 206 Å². The van der Waals surface area contributed by atoms with Crippen molar-refractivity contribution in [1.82, 2.24) is 9.88 Å². The molecule has 1 atom stereocenters. The monoisotopic (exact) mass is 486 g/mol. The molecule has 1 aromatic heterocycles. The van der Waals surface area contributed by atoms with E-state index in [0.717, 1.165) is 5.56 Å². The molecule has 0 spiro atoms. The molecule has 0 unspecified atom stereocenters. The molecule has 0 aliphatic carbocycles. The van der Waals surface area contributed by atoms with E-state index in [-0.39, 0.29) is 17.9 Å². The molecule has 0 bridgehead atoms. The molecule has 9 heteroatoms. The summed E-state index contributed by atoms with van der Waals surface area (Å²) in [5.74, 6) is -1.42. The molecule has 9 nitrogen and oxygen atoms in total. The number of fused-ring (bicyclic) bond motifs is 1. The third-order valence-electron chi connectivity index (χ3n) is 6.11. The van der Waals surface area contributed by atoms with Gasteiger partial charge in [0.05, 0.1) is 24.3 Å². The number of ether oxygens (including phenoxy) is 3. The minimum atomic E-state index is -0.891. The molecule has 1 amide bonds. The normalized spacial score (nSPS) is 18.2. The zero-order valence-corrected chi connectivity index (χ0v) is 19.3. The number of methoxy groups -OCH3 is 1. The van der Waals surface area contributed by atoms with Gasteiger partial charge in [0.15, 0.2) is 11.5 Å². The predicted molar refractivity (Wildman–Crippen MR) is 127 cm³/mol. The second kappa shape index (κ2) is 9.53. The summed E-state index contributed by atoms with van der Waals surface area (Å²) in [6.45, 7) is 0.897. The van der Waals surface area contributed by atoms with Crippen LogP contribution in [0, 0.1) is 0 Å². The molecule has 182 valence electrons. The quantitative estimate of drug-likeness (QED) is 0.253. The number of rotatable bonds is 5. The van der Waals surface area contributed by atoms with Gasteiger partial charge >= 0.3 is 5.97 Å². The van der Waals surface area contributed by atoms with Crippen molar-refractivity contribution in [1.29, 1.82) is 0 Å². The van der Waals surface area contributed by atoms with E-state index >= 15 is 0 Å². The standard InChI is InChI=1S/C27H22N2O7/c1-34-27(33)18-4-2-17(3-5-18)23-22(24(30)19-6-7-20-21(14-19)36-13-12-35-20)25(31)26(32)29(23)15-16-8-10-28-11-9-16/h2-11,14,23,30H,12-13,15H2,1H3/b24-22+/t23-/m1/s1. The lowest BCUT2D eigenvalue weighted by Crippen LogP contribution is -2.29. The Bertz CT molecular complexity index is 1370. The topological polar surface area (TPSA) is 115 Å². The van der Waals surface area contributed by atoms with Gasteiger partial charge < -0.3 is 24.2 Å². The van der Waals surface area contributed by atoms with Gasteiger partial charge in [-0.15, -0.1) is 0 Å². The maximum absolute atomic E-state index is 13.3. The summed E-state index contributed by atoms with van der Waals surface area (Å²) in [4.78, 5) is 43.8. The number of aliphatic hydroxyl groups excluding tert-OH is 1. The van der Waals surface area contributed by atoms with Gasteiger partial charge in [-0.3, -0.25) is 14.6 Å². The highest BCUT2D eigenvalue weighted by atomic mass is 16.6. The van der Waals surface area contributed by atoms with Gasteiger partial charge in [0.25, 0.3) is 11.7 Å². The number of aliphatic hydroxyl groups is 1. The SMILES string of the molecule is COC(=O)c1ccc([C@@H]2/C(=C(\O)c3ccc4c(c3)OCCO4)C(=O)C(=O)N2Cc2ccncc2)cc1. The summed E-state index contributed by atoms with van der Waals surface area (Å²) in [7, 11) is 1.28. The number of Topliss-reactive ketones (excluding diaryl/α,β-unsaturated/α-hetero) is 1. The first-order valence-corrected chi connectivity index (χ1v) is 11.2. The van der Waals surface area contributed by atoms with Gasteiger partial charge in [-0.2, -0.15) is 0 Å². The van der Waals surface area contributed by atoms with Crippen molar-refractivity contribution in [3.05, 3.63) is 94.8 Å². The summed E-state index contributed by atoms with van der Waals surface area (Å²) in [6, 6.07) is 13.8. The lowest BCUT2D eigenvalue weighted by atomic mass is 9.94. The van der Waals surface area contributed by atoms with Crippen molar-refractivity contribution in [2.75, 3.05) is 20.3 Å². The van der Waals surface area contributed by atoms with Crippen LogP contribution in [-0.2, 0) is 20.9 Å². The number of ketones is 1. The molecule has 2 aliphatic rings. The number of benzene rings is 2. The summed E-state index contributed by atoms with van der Waals surface area (Å²) >= 11 is 0. The Kier molecular flexibility index (Phi) is 6.12. The van der Waals surface area contributed by atoms with Crippen LogP contribution in [0.2, 0.25) is 0 Å². The average molecular weight is 486 g/mol. The van der Waals surface area contributed by atoms with Crippen LogP contribution in [0.1, 0.15) is 33.1 Å². The number of likely N-dealkylation sites (tertiary alicyclic amines) is 1. The average Bonchev–Trinajstić information content (AvgIpc) is 3.17. The molecule has 2 aliphatic heterocycles. The van der Waals surface area contributed by atoms with Gasteiger partial charge in [0.2, 0.25) is 0 Å². The molecule has 1 fully saturated rings. The largest absolute Gasteiger partial charge is 0.507 e. The van der Waals surface area contributed by atoms with Gasteiger partial charge in [-0.1, -0.05) is 12.1 Å². The first-order chi connectivity index (χ1) is 17.5. The number of carbonyl (C=O) groups is 3. The molecule has 0 saturated carbocycles. The number of amides is 1. The number of carbonyl (C=O) groups excluding carboxylic acids is 3. The molecule has 3 aromatic rings.